The molecule has 6 rings (SSSR count). The highest BCUT2D eigenvalue weighted by Crippen LogP contribution is 2.71. The Morgan fingerprint density at radius 3 is 3.19 bits per heavy atom. The van der Waals surface area contributed by atoms with Crippen molar-refractivity contribution >= 4 is 12.3 Å². The monoisotopic (exact) mass is 272 g/mol. The standard InChI is InChI=1S/C19H16N2/c1-2-4-14-12(3-1)9-16-18-6-5-15-17(13(10-18)11-21-15)19(14,18)7-8-20-16/h1-6,9,11,13,20H,7-8,10H2. The van der Waals surface area contributed by atoms with Crippen molar-refractivity contribution in [3.63, 3.8) is 0 Å². The van der Waals surface area contributed by atoms with E-state index in [1.165, 1.54) is 35.4 Å². The highest BCUT2D eigenvalue weighted by Gasteiger charge is 2.67. The van der Waals surface area contributed by atoms with E-state index >= 15 is 0 Å². The fraction of sp³-hybridized carbons (Fsp3) is 0.316. The molecule has 2 heteroatoms. The van der Waals surface area contributed by atoms with Gasteiger partial charge in [-0.3, -0.25) is 4.99 Å². The molecular formula is C19H16N2. The molecule has 3 unspecified atom stereocenters. The molecule has 5 aliphatic rings. The molecule has 1 saturated carbocycles. The molecule has 102 valence electrons. The van der Waals surface area contributed by atoms with Crippen molar-refractivity contribution in [3.05, 3.63) is 64.5 Å². The minimum Gasteiger partial charge on any atom is -0.388 e. The fourth-order valence-electron chi connectivity index (χ4n) is 5.72. The first-order valence-corrected chi connectivity index (χ1v) is 7.89. The number of fused-ring (bicyclic) bond motifs is 1. The molecule has 1 aromatic rings. The maximum atomic E-state index is 4.71. The van der Waals surface area contributed by atoms with Crippen LogP contribution in [0.4, 0.5) is 0 Å². The van der Waals surface area contributed by atoms with E-state index < -0.39 is 0 Å². The van der Waals surface area contributed by atoms with Crippen molar-refractivity contribution < 1.29 is 0 Å². The number of allylic oxidation sites excluding steroid dienone is 3. The zero-order valence-corrected chi connectivity index (χ0v) is 11.8. The molecular weight excluding hydrogens is 256 g/mol. The summed E-state index contributed by atoms with van der Waals surface area (Å²) >= 11 is 0. The second-order valence-corrected chi connectivity index (χ2v) is 6.92. The van der Waals surface area contributed by atoms with Gasteiger partial charge in [-0.15, -0.1) is 0 Å². The lowest BCUT2D eigenvalue weighted by Crippen LogP contribution is -2.54. The first-order chi connectivity index (χ1) is 10.4. The molecule has 1 N–H and O–H groups in total. The Bertz CT molecular complexity index is 826. The average molecular weight is 272 g/mol. The van der Waals surface area contributed by atoms with Crippen molar-refractivity contribution in [2.75, 3.05) is 6.54 Å². The third-order valence-corrected chi connectivity index (χ3v) is 6.35. The summed E-state index contributed by atoms with van der Waals surface area (Å²) in [6.07, 6.45) is 11.7. The molecule has 2 aliphatic heterocycles. The van der Waals surface area contributed by atoms with Gasteiger partial charge in [-0.1, -0.05) is 30.3 Å². The van der Waals surface area contributed by atoms with Gasteiger partial charge in [0, 0.05) is 35.2 Å². The zero-order chi connectivity index (χ0) is 13.7. The normalized spacial score (nSPS) is 39.8. The van der Waals surface area contributed by atoms with E-state index in [1.807, 2.05) is 0 Å². The largest absolute Gasteiger partial charge is 0.388 e. The number of nitrogens with one attached hydrogen (secondary N) is 1. The molecule has 2 heterocycles. The Labute approximate surface area is 124 Å². The van der Waals surface area contributed by atoms with Crippen molar-refractivity contribution in [1.82, 2.24) is 5.32 Å². The molecule has 0 amide bonds. The molecule has 4 bridgehead atoms. The Hall–Kier alpha value is -2.09. The third-order valence-electron chi connectivity index (χ3n) is 6.35. The summed E-state index contributed by atoms with van der Waals surface area (Å²) in [5.74, 6) is 0.532. The summed E-state index contributed by atoms with van der Waals surface area (Å²) in [5, 5.41) is 3.71. The summed E-state index contributed by atoms with van der Waals surface area (Å²) in [6.45, 7) is 1.07. The summed E-state index contributed by atoms with van der Waals surface area (Å²) in [7, 11) is 0. The highest BCUT2D eigenvalue weighted by molar-refractivity contribution is 5.83. The number of rotatable bonds is 0. The SMILES string of the molecule is C1=CC23CC4C=NC1=C4C21CCNC3=Cc2ccccc21. The molecule has 3 atom stereocenters. The Morgan fingerprint density at radius 2 is 2.19 bits per heavy atom. The van der Waals surface area contributed by atoms with Crippen LogP contribution in [0.15, 0.2) is 58.4 Å². The van der Waals surface area contributed by atoms with Crippen molar-refractivity contribution in [2.24, 2.45) is 16.3 Å². The molecule has 2 nitrogen and oxygen atoms in total. The first-order valence-electron chi connectivity index (χ1n) is 7.89. The van der Waals surface area contributed by atoms with Crippen LogP contribution >= 0.6 is 0 Å². The Morgan fingerprint density at radius 1 is 1.24 bits per heavy atom. The fourth-order valence-corrected chi connectivity index (χ4v) is 5.72. The zero-order valence-electron chi connectivity index (χ0n) is 11.8. The van der Waals surface area contributed by atoms with Crippen LogP contribution in [-0.4, -0.2) is 12.8 Å². The lowest BCUT2D eigenvalue weighted by atomic mass is 9.51. The number of hydrogen-bond donors (Lipinski definition) is 1. The van der Waals surface area contributed by atoms with Gasteiger partial charge < -0.3 is 5.32 Å². The molecule has 2 fully saturated rings. The van der Waals surface area contributed by atoms with Gasteiger partial charge in [-0.25, -0.2) is 0 Å². The van der Waals surface area contributed by atoms with E-state index in [4.69, 9.17) is 4.99 Å². The minimum absolute atomic E-state index is 0.148. The van der Waals surface area contributed by atoms with E-state index in [1.54, 1.807) is 5.57 Å². The maximum absolute atomic E-state index is 4.71. The molecule has 21 heavy (non-hydrogen) atoms. The number of benzene rings is 1. The van der Waals surface area contributed by atoms with Crippen molar-refractivity contribution in [2.45, 2.75) is 18.3 Å². The lowest BCUT2D eigenvalue weighted by molar-refractivity contribution is 0.223. The van der Waals surface area contributed by atoms with Crippen LogP contribution in [0.3, 0.4) is 0 Å². The maximum Gasteiger partial charge on any atom is 0.0631 e. The van der Waals surface area contributed by atoms with Gasteiger partial charge in [0.2, 0.25) is 0 Å². The number of aliphatic imine (C=N–C) groups is 1. The number of nitrogens with zero attached hydrogens (tertiary/aromatic N) is 1. The van der Waals surface area contributed by atoms with Crippen LogP contribution in [-0.2, 0) is 5.41 Å². The van der Waals surface area contributed by atoms with Gasteiger partial charge in [0.1, 0.15) is 0 Å². The number of piperidine rings is 1. The predicted molar refractivity (Wildman–Crippen MR) is 83.9 cm³/mol. The smallest absolute Gasteiger partial charge is 0.0631 e. The lowest BCUT2D eigenvalue weighted by Gasteiger charge is -2.55. The van der Waals surface area contributed by atoms with Gasteiger partial charge in [-0.05, 0) is 41.7 Å². The van der Waals surface area contributed by atoms with E-state index in [0.29, 0.717) is 5.92 Å². The van der Waals surface area contributed by atoms with Gasteiger partial charge in [0.25, 0.3) is 0 Å². The Balaban J connectivity index is 1.81. The molecule has 1 saturated heterocycles. The predicted octanol–water partition coefficient (Wildman–Crippen LogP) is 3.19. The summed E-state index contributed by atoms with van der Waals surface area (Å²) in [5.41, 5.74) is 7.50. The third kappa shape index (κ3) is 0.902. The molecule has 0 radical (unpaired) electrons. The summed E-state index contributed by atoms with van der Waals surface area (Å²) in [6, 6.07) is 8.98. The molecule has 3 aliphatic carbocycles. The minimum atomic E-state index is 0.148. The van der Waals surface area contributed by atoms with Crippen molar-refractivity contribution in [3.8, 4) is 0 Å². The van der Waals surface area contributed by atoms with Gasteiger partial charge in [-0.2, -0.15) is 0 Å². The molecule has 0 aromatic heterocycles. The van der Waals surface area contributed by atoms with Crippen molar-refractivity contribution in [1.29, 1.82) is 0 Å². The van der Waals surface area contributed by atoms with Gasteiger partial charge in [0.15, 0.2) is 0 Å². The second kappa shape index (κ2) is 3.06. The number of hydrogen-bond acceptors (Lipinski definition) is 2. The van der Waals surface area contributed by atoms with Gasteiger partial charge in [0.05, 0.1) is 5.70 Å². The van der Waals surface area contributed by atoms with E-state index in [-0.39, 0.29) is 10.8 Å². The first kappa shape index (κ1) is 10.6. The molecule has 1 aromatic carbocycles. The van der Waals surface area contributed by atoms with Gasteiger partial charge >= 0.3 is 0 Å². The van der Waals surface area contributed by atoms with Crippen LogP contribution < -0.4 is 5.32 Å². The second-order valence-electron chi connectivity index (χ2n) is 6.92. The van der Waals surface area contributed by atoms with E-state index in [2.05, 4.69) is 54.0 Å². The van der Waals surface area contributed by atoms with Crippen LogP contribution in [0.5, 0.6) is 0 Å². The summed E-state index contributed by atoms with van der Waals surface area (Å²) < 4.78 is 0. The van der Waals surface area contributed by atoms with E-state index in [9.17, 15) is 0 Å². The van der Waals surface area contributed by atoms with Crippen LogP contribution in [0, 0.1) is 11.3 Å². The molecule has 0 spiro atoms. The van der Waals surface area contributed by atoms with E-state index in [0.717, 1.165) is 6.54 Å². The topological polar surface area (TPSA) is 24.4 Å². The average Bonchev–Trinajstić information content (AvgIpc) is 2.97. The van der Waals surface area contributed by atoms with Crippen LogP contribution in [0.25, 0.3) is 6.08 Å². The highest BCUT2D eigenvalue weighted by atomic mass is 15.0. The van der Waals surface area contributed by atoms with Crippen LogP contribution in [0.2, 0.25) is 0 Å². The van der Waals surface area contributed by atoms with Crippen LogP contribution in [0.1, 0.15) is 24.0 Å². The Kier molecular flexibility index (Phi) is 1.55. The summed E-state index contributed by atoms with van der Waals surface area (Å²) in [4.78, 5) is 4.71. The quantitative estimate of drug-likeness (QED) is 0.770.